The quantitative estimate of drug-likeness (QED) is 0.502. The number of carbonyl (C=O) groups excluding carboxylic acids is 1. The number of aryl methyl sites for hydroxylation is 1. The molecule has 0 bridgehead atoms. The van der Waals surface area contributed by atoms with Gasteiger partial charge in [0.15, 0.2) is 6.61 Å². The lowest BCUT2D eigenvalue weighted by molar-refractivity contribution is -0.135. The number of hydrogen-bond acceptors (Lipinski definition) is 8. The number of ether oxygens (including phenoxy) is 1. The first-order chi connectivity index (χ1) is 14.8. The highest BCUT2D eigenvalue weighted by Crippen LogP contribution is 2.19. The molecule has 1 amide bonds. The predicted molar refractivity (Wildman–Crippen MR) is 112 cm³/mol. The van der Waals surface area contributed by atoms with Crippen LogP contribution in [0.25, 0.3) is 0 Å². The maximum atomic E-state index is 12.9. The molecule has 0 fully saturated rings. The van der Waals surface area contributed by atoms with Crippen molar-refractivity contribution >= 4 is 21.9 Å². The number of amides is 1. The maximum absolute atomic E-state index is 12.9. The fourth-order valence-electron chi connectivity index (χ4n) is 2.90. The van der Waals surface area contributed by atoms with Crippen LogP contribution in [0.3, 0.4) is 0 Å². The molecule has 1 aromatic heterocycles. The zero-order chi connectivity index (χ0) is 22.4. The van der Waals surface area contributed by atoms with Crippen molar-refractivity contribution in [2.75, 3.05) is 12.3 Å². The second-order valence-electron chi connectivity index (χ2n) is 6.72. The van der Waals surface area contributed by atoms with E-state index in [0.29, 0.717) is 11.3 Å². The Morgan fingerprint density at radius 1 is 1.10 bits per heavy atom. The number of nitrogen functional groups attached to an aromatic ring is 1. The number of para-hydroxylation sites is 1. The van der Waals surface area contributed by atoms with Crippen LogP contribution in [0.1, 0.15) is 23.9 Å². The molecule has 10 nitrogen and oxygen atoms in total. The van der Waals surface area contributed by atoms with Crippen LogP contribution in [-0.4, -0.2) is 36.0 Å². The summed E-state index contributed by atoms with van der Waals surface area (Å²) in [6.45, 7) is 1.97. The van der Waals surface area contributed by atoms with Gasteiger partial charge in [-0.05, 0) is 35.7 Å². The number of hydrogen-bond donors (Lipinski definition) is 2. The number of sulfonamides is 1. The van der Waals surface area contributed by atoms with Crippen molar-refractivity contribution in [2.45, 2.75) is 31.3 Å². The SMILES string of the molecule is CCc1ccccc1OCC(=O)N(Cc1ccc(S(N)(=O)=O)cc1)Cc1nnc(N)o1. The zero-order valence-corrected chi connectivity index (χ0v) is 17.7. The summed E-state index contributed by atoms with van der Waals surface area (Å²) in [5.74, 6) is 0.483. The minimum Gasteiger partial charge on any atom is -0.483 e. The van der Waals surface area contributed by atoms with Gasteiger partial charge in [-0.25, -0.2) is 13.6 Å². The van der Waals surface area contributed by atoms with Crippen molar-refractivity contribution in [3.05, 3.63) is 65.5 Å². The number of primary sulfonamides is 1. The molecule has 11 heteroatoms. The van der Waals surface area contributed by atoms with Crippen LogP contribution in [-0.2, 0) is 34.3 Å². The van der Waals surface area contributed by atoms with Crippen LogP contribution in [0.15, 0.2) is 57.8 Å². The Morgan fingerprint density at radius 3 is 2.42 bits per heavy atom. The van der Waals surface area contributed by atoms with E-state index in [9.17, 15) is 13.2 Å². The number of anilines is 1. The van der Waals surface area contributed by atoms with Gasteiger partial charge in [0.1, 0.15) is 5.75 Å². The van der Waals surface area contributed by atoms with Crippen molar-refractivity contribution in [3.8, 4) is 5.75 Å². The number of benzene rings is 2. The van der Waals surface area contributed by atoms with E-state index < -0.39 is 10.0 Å². The Hall–Kier alpha value is -3.44. The number of nitrogens with two attached hydrogens (primary N) is 2. The Morgan fingerprint density at radius 2 is 1.81 bits per heavy atom. The molecule has 0 aliphatic carbocycles. The van der Waals surface area contributed by atoms with Crippen LogP contribution >= 0.6 is 0 Å². The summed E-state index contributed by atoms with van der Waals surface area (Å²) in [5.41, 5.74) is 7.14. The third kappa shape index (κ3) is 6.03. The molecule has 0 saturated heterocycles. The molecule has 0 unspecified atom stereocenters. The van der Waals surface area contributed by atoms with Gasteiger partial charge in [0, 0.05) is 6.54 Å². The molecular weight excluding hydrogens is 422 g/mol. The molecule has 4 N–H and O–H groups in total. The summed E-state index contributed by atoms with van der Waals surface area (Å²) in [4.78, 5) is 14.4. The van der Waals surface area contributed by atoms with Gasteiger partial charge in [-0.1, -0.05) is 42.4 Å². The van der Waals surface area contributed by atoms with Gasteiger partial charge in [-0.15, -0.1) is 5.10 Å². The molecule has 3 rings (SSSR count). The highest BCUT2D eigenvalue weighted by Gasteiger charge is 2.19. The van der Waals surface area contributed by atoms with Crippen molar-refractivity contribution < 1.29 is 22.4 Å². The van der Waals surface area contributed by atoms with E-state index in [1.54, 1.807) is 18.2 Å². The lowest BCUT2D eigenvalue weighted by Crippen LogP contribution is -2.34. The third-order valence-electron chi connectivity index (χ3n) is 4.49. The van der Waals surface area contributed by atoms with Crippen molar-refractivity contribution in [3.63, 3.8) is 0 Å². The molecule has 0 aliphatic rings. The first-order valence-corrected chi connectivity index (χ1v) is 11.0. The molecular formula is C20H23N5O5S. The Kier molecular flexibility index (Phi) is 6.88. The van der Waals surface area contributed by atoms with Crippen molar-refractivity contribution in [2.24, 2.45) is 5.14 Å². The first kappa shape index (κ1) is 22.2. The van der Waals surface area contributed by atoms with Crippen LogP contribution < -0.4 is 15.6 Å². The smallest absolute Gasteiger partial charge is 0.312 e. The molecule has 0 saturated carbocycles. The molecule has 0 spiro atoms. The topological polar surface area (TPSA) is 155 Å². The molecule has 0 aliphatic heterocycles. The summed E-state index contributed by atoms with van der Waals surface area (Å²) in [6.07, 6.45) is 0.770. The van der Waals surface area contributed by atoms with E-state index in [4.69, 9.17) is 20.0 Å². The summed E-state index contributed by atoms with van der Waals surface area (Å²) in [5, 5.41) is 12.5. The lowest BCUT2D eigenvalue weighted by atomic mass is 10.1. The second kappa shape index (κ2) is 9.58. The summed E-state index contributed by atoms with van der Waals surface area (Å²) in [6, 6.07) is 13.3. The van der Waals surface area contributed by atoms with Gasteiger partial charge in [0.2, 0.25) is 15.9 Å². The minimum atomic E-state index is -3.80. The number of carbonyl (C=O) groups is 1. The van der Waals surface area contributed by atoms with Crippen LogP contribution in [0.5, 0.6) is 5.75 Å². The minimum absolute atomic E-state index is 0.0127. The van der Waals surface area contributed by atoms with Crippen molar-refractivity contribution in [1.82, 2.24) is 15.1 Å². The van der Waals surface area contributed by atoms with E-state index in [2.05, 4.69) is 10.2 Å². The molecule has 31 heavy (non-hydrogen) atoms. The monoisotopic (exact) mass is 445 g/mol. The highest BCUT2D eigenvalue weighted by atomic mass is 32.2. The van der Waals surface area contributed by atoms with Gasteiger partial charge in [0.25, 0.3) is 5.91 Å². The van der Waals surface area contributed by atoms with Gasteiger partial charge in [0.05, 0.1) is 11.4 Å². The zero-order valence-electron chi connectivity index (χ0n) is 16.9. The molecule has 164 valence electrons. The van der Waals surface area contributed by atoms with E-state index in [0.717, 1.165) is 12.0 Å². The third-order valence-corrected chi connectivity index (χ3v) is 5.42. The van der Waals surface area contributed by atoms with E-state index in [1.165, 1.54) is 17.0 Å². The number of nitrogens with zero attached hydrogens (tertiary/aromatic N) is 3. The summed E-state index contributed by atoms with van der Waals surface area (Å²) < 4.78 is 33.8. The average Bonchev–Trinajstić information content (AvgIpc) is 3.16. The normalized spacial score (nSPS) is 11.3. The van der Waals surface area contributed by atoms with Crippen molar-refractivity contribution in [1.29, 1.82) is 0 Å². The number of aromatic nitrogens is 2. The van der Waals surface area contributed by atoms with E-state index in [-0.39, 0.29) is 42.4 Å². The Labute approximate surface area is 179 Å². The van der Waals surface area contributed by atoms with Gasteiger partial charge in [-0.2, -0.15) is 0 Å². The van der Waals surface area contributed by atoms with Crippen LogP contribution in [0, 0.1) is 0 Å². The second-order valence-corrected chi connectivity index (χ2v) is 8.28. The number of rotatable bonds is 9. The average molecular weight is 446 g/mol. The largest absolute Gasteiger partial charge is 0.483 e. The van der Waals surface area contributed by atoms with Gasteiger partial charge >= 0.3 is 6.01 Å². The standard InChI is InChI=1S/C20H23N5O5S/c1-2-15-5-3-4-6-17(15)29-13-19(26)25(12-18-23-24-20(21)30-18)11-14-7-9-16(10-8-14)31(22,27)28/h3-10H,2,11-13H2,1H3,(H2,21,24)(H2,22,27,28). The molecule has 1 heterocycles. The van der Waals surface area contributed by atoms with Gasteiger partial charge in [-0.3, -0.25) is 4.79 Å². The molecule has 0 atom stereocenters. The predicted octanol–water partition coefficient (Wildman–Crippen LogP) is 1.47. The summed E-state index contributed by atoms with van der Waals surface area (Å²) >= 11 is 0. The first-order valence-electron chi connectivity index (χ1n) is 9.44. The molecule has 0 radical (unpaired) electrons. The molecule has 3 aromatic rings. The van der Waals surface area contributed by atoms with Crippen LogP contribution in [0.4, 0.5) is 6.01 Å². The lowest BCUT2D eigenvalue weighted by Gasteiger charge is -2.22. The fourth-order valence-corrected chi connectivity index (χ4v) is 3.41. The summed E-state index contributed by atoms with van der Waals surface area (Å²) in [7, 11) is -3.80. The highest BCUT2D eigenvalue weighted by molar-refractivity contribution is 7.89. The van der Waals surface area contributed by atoms with E-state index >= 15 is 0 Å². The Bertz CT molecular complexity index is 1140. The van der Waals surface area contributed by atoms with Crippen LogP contribution in [0.2, 0.25) is 0 Å². The molecule has 2 aromatic carbocycles. The van der Waals surface area contributed by atoms with E-state index in [1.807, 2.05) is 25.1 Å². The van der Waals surface area contributed by atoms with Gasteiger partial charge < -0.3 is 19.8 Å². The Balaban J connectivity index is 1.76. The fraction of sp³-hybridized carbons (Fsp3) is 0.250. The maximum Gasteiger partial charge on any atom is 0.312 e.